The molecule has 18 heavy (non-hydrogen) atoms. The summed E-state index contributed by atoms with van der Waals surface area (Å²) in [6.45, 7) is 0. The number of aromatic nitrogens is 1. The molecule has 0 fully saturated rings. The Bertz CT molecular complexity index is 557. The second kappa shape index (κ2) is 5.78. The molecule has 0 aliphatic rings. The monoisotopic (exact) mass is 303 g/mol. The molecule has 3 nitrogen and oxygen atoms in total. The van der Waals surface area contributed by atoms with E-state index >= 15 is 0 Å². The maximum Gasteiger partial charge on any atom is 0.180 e. The number of nitrogens with zero attached hydrogens (tertiary/aromatic N) is 1. The summed E-state index contributed by atoms with van der Waals surface area (Å²) in [5.41, 5.74) is 1.65. The second-order valence-corrected chi connectivity index (χ2v) is 4.94. The Morgan fingerprint density at radius 1 is 1.28 bits per heavy atom. The fraction of sp³-hybridized carbons (Fsp3) is 0.250. The molecule has 0 amide bonds. The normalized spacial score (nSPS) is 10.4. The molecule has 0 atom stereocenters. The minimum Gasteiger partial charge on any atom is -0.493 e. The number of alkyl halides is 1. The highest BCUT2D eigenvalue weighted by Gasteiger charge is 2.16. The van der Waals surface area contributed by atoms with Crippen LogP contribution in [0.3, 0.4) is 0 Å². The summed E-state index contributed by atoms with van der Waals surface area (Å²) < 4.78 is 10.4. The van der Waals surface area contributed by atoms with E-state index in [-0.39, 0.29) is 0 Å². The summed E-state index contributed by atoms with van der Waals surface area (Å²) in [7, 11) is 3.13. The lowest BCUT2D eigenvalue weighted by Crippen LogP contribution is -1.92. The number of halogens is 2. The third-order valence-electron chi connectivity index (χ3n) is 2.40. The van der Waals surface area contributed by atoms with Crippen LogP contribution in [0.5, 0.6) is 11.5 Å². The molecular formula is C12H11Cl2NO2S. The summed E-state index contributed by atoms with van der Waals surface area (Å²) in [5.74, 6) is 1.50. The first-order chi connectivity index (χ1) is 8.71. The maximum atomic E-state index is 6.31. The van der Waals surface area contributed by atoms with E-state index in [1.165, 1.54) is 11.3 Å². The molecule has 0 unspecified atom stereocenters. The number of rotatable bonds is 4. The molecular weight excluding hydrogens is 293 g/mol. The number of hydrogen-bond acceptors (Lipinski definition) is 4. The van der Waals surface area contributed by atoms with Gasteiger partial charge in [0.15, 0.2) is 11.5 Å². The van der Waals surface area contributed by atoms with Gasteiger partial charge in [0.2, 0.25) is 0 Å². The molecule has 96 valence electrons. The SMILES string of the molecule is COc1ccc(-c2nc(CCl)cs2)c(Cl)c1OC. The van der Waals surface area contributed by atoms with Gasteiger partial charge in [0.1, 0.15) is 5.01 Å². The highest BCUT2D eigenvalue weighted by Crippen LogP contribution is 2.42. The van der Waals surface area contributed by atoms with Crippen LogP contribution < -0.4 is 9.47 Å². The Morgan fingerprint density at radius 2 is 2.06 bits per heavy atom. The van der Waals surface area contributed by atoms with E-state index < -0.39 is 0 Å². The molecule has 2 aromatic rings. The summed E-state index contributed by atoms with van der Waals surface area (Å²) in [6.07, 6.45) is 0. The zero-order chi connectivity index (χ0) is 13.1. The molecule has 0 bridgehead atoms. The minimum atomic E-state index is 0.390. The van der Waals surface area contributed by atoms with Gasteiger partial charge in [0, 0.05) is 10.9 Å². The maximum absolute atomic E-state index is 6.31. The topological polar surface area (TPSA) is 31.4 Å². The van der Waals surface area contributed by atoms with Gasteiger partial charge in [-0.15, -0.1) is 22.9 Å². The van der Waals surface area contributed by atoms with Gasteiger partial charge >= 0.3 is 0 Å². The van der Waals surface area contributed by atoms with Gasteiger partial charge in [0.25, 0.3) is 0 Å². The fourth-order valence-corrected chi connectivity index (χ4v) is 3.00. The zero-order valence-electron chi connectivity index (χ0n) is 9.87. The summed E-state index contributed by atoms with van der Waals surface area (Å²) in [4.78, 5) is 4.40. The minimum absolute atomic E-state index is 0.390. The van der Waals surface area contributed by atoms with Crippen molar-refractivity contribution in [1.29, 1.82) is 0 Å². The van der Waals surface area contributed by atoms with Gasteiger partial charge in [-0.2, -0.15) is 0 Å². The first kappa shape index (κ1) is 13.5. The summed E-state index contributed by atoms with van der Waals surface area (Å²) in [5, 5.41) is 3.22. The zero-order valence-corrected chi connectivity index (χ0v) is 12.2. The van der Waals surface area contributed by atoms with Crippen LogP contribution in [0.4, 0.5) is 0 Å². The third-order valence-corrected chi connectivity index (χ3v) is 3.98. The number of methoxy groups -OCH3 is 2. The van der Waals surface area contributed by atoms with E-state index in [1.54, 1.807) is 14.2 Å². The average molecular weight is 304 g/mol. The summed E-state index contributed by atoms with van der Waals surface area (Å²) >= 11 is 13.5. The first-order valence-electron chi connectivity index (χ1n) is 5.12. The van der Waals surface area contributed by atoms with Gasteiger partial charge in [-0.1, -0.05) is 11.6 Å². The van der Waals surface area contributed by atoms with Crippen LogP contribution in [0.25, 0.3) is 10.6 Å². The largest absolute Gasteiger partial charge is 0.493 e. The molecule has 0 N–H and O–H groups in total. The molecule has 1 heterocycles. The van der Waals surface area contributed by atoms with Crippen molar-refractivity contribution in [3.63, 3.8) is 0 Å². The van der Waals surface area contributed by atoms with Crippen molar-refractivity contribution >= 4 is 34.5 Å². The van der Waals surface area contributed by atoms with Gasteiger partial charge in [-0.3, -0.25) is 0 Å². The van der Waals surface area contributed by atoms with Gasteiger partial charge in [-0.25, -0.2) is 4.98 Å². The van der Waals surface area contributed by atoms with Crippen LogP contribution in [0.15, 0.2) is 17.5 Å². The highest BCUT2D eigenvalue weighted by molar-refractivity contribution is 7.13. The van der Waals surface area contributed by atoms with Crippen LogP contribution in [-0.2, 0) is 5.88 Å². The second-order valence-electron chi connectivity index (χ2n) is 3.44. The number of ether oxygens (including phenoxy) is 2. The Labute approximate surface area is 119 Å². The Balaban J connectivity index is 2.51. The van der Waals surface area contributed by atoms with Crippen molar-refractivity contribution in [2.24, 2.45) is 0 Å². The van der Waals surface area contributed by atoms with Gasteiger partial charge in [-0.05, 0) is 12.1 Å². The Morgan fingerprint density at radius 3 is 2.61 bits per heavy atom. The summed E-state index contributed by atoms with van der Waals surface area (Å²) in [6, 6.07) is 3.67. The van der Waals surface area contributed by atoms with E-state index in [0.29, 0.717) is 22.4 Å². The van der Waals surface area contributed by atoms with E-state index in [9.17, 15) is 0 Å². The van der Waals surface area contributed by atoms with Crippen LogP contribution in [0.2, 0.25) is 5.02 Å². The molecule has 1 aromatic heterocycles. The number of hydrogen-bond donors (Lipinski definition) is 0. The van der Waals surface area contributed by atoms with E-state index in [2.05, 4.69) is 4.98 Å². The molecule has 2 rings (SSSR count). The lowest BCUT2D eigenvalue weighted by Gasteiger charge is -2.11. The smallest absolute Gasteiger partial charge is 0.180 e. The predicted molar refractivity (Wildman–Crippen MR) is 75.2 cm³/mol. The quantitative estimate of drug-likeness (QED) is 0.793. The van der Waals surface area contributed by atoms with E-state index in [0.717, 1.165) is 16.3 Å². The van der Waals surface area contributed by atoms with Crippen LogP contribution in [0, 0.1) is 0 Å². The van der Waals surface area contributed by atoms with Crippen molar-refractivity contribution in [1.82, 2.24) is 4.98 Å². The number of thiazole rings is 1. The molecule has 0 aliphatic carbocycles. The van der Waals surface area contributed by atoms with Crippen LogP contribution in [-0.4, -0.2) is 19.2 Å². The molecule has 6 heteroatoms. The predicted octanol–water partition coefficient (Wildman–Crippen LogP) is 4.22. The average Bonchev–Trinajstić information content (AvgIpc) is 2.86. The van der Waals surface area contributed by atoms with E-state index in [4.69, 9.17) is 32.7 Å². The Hall–Kier alpha value is -0.970. The van der Waals surface area contributed by atoms with E-state index in [1.807, 2.05) is 17.5 Å². The molecule has 0 saturated heterocycles. The van der Waals surface area contributed by atoms with Crippen LogP contribution in [0.1, 0.15) is 5.69 Å². The Kier molecular flexibility index (Phi) is 4.32. The van der Waals surface area contributed by atoms with Crippen molar-refractivity contribution in [3.8, 4) is 22.1 Å². The van der Waals surface area contributed by atoms with Crippen LogP contribution >= 0.6 is 34.5 Å². The van der Waals surface area contributed by atoms with Gasteiger partial charge < -0.3 is 9.47 Å². The first-order valence-corrected chi connectivity index (χ1v) is 6.91. The molecule has 0 spiro atoms. The number of benzene rings is 1. The third kappa shape index (κ3) is 2.41. The lowest BCUT2D eigenvalue weighted by atomic mass is 10.2. The van der Waals surface area contributed by atoms with Crippen molar-refractivity contribution < 1.29 is 9.47 Å². The lowest BCUT2D eigenvalue weighted by molar-refractivity contribution is 0.355. The van der Waals surface area contributed by atoms with Crippen molar-refractivity contribution in [2.75, 3.05) is 14.2 Å². The fourth-order valence-electron chi connectivity index (χ4n) is 1.55. The van der Waals surface area contributed by atoms with Gasteiger partial charge in [0.05, 0.1) is 30.8 Å². The molecule has 0 radical (unpaired) electrons. The van der Waals surface area contributed by atoms with Crippen molar-refractivity contribution in [2.45, 2.75) is 5.88 Å². The molecule has 0 saturated carbocycles. The highest BCUT2D eigenvalue weighted by atomic mass is 35.5. The van der Waals surface area contributed by atoms with Crippen molar-refractivity contribution in [3.05, 3.63) is 28.2 Å². The molecule has 0 aliphatic heterocycles. The standard InChI is InChI=1S/C12H11Cl2NO2S/c1-16-9-4-3-8(10(14)11(9)17-2)12-15-7(5-13)6-18-12/h3-4,6H,5H2,1-2H3. The molecule has 1 aromatic carbocycles.